The van der Waals surface area contributed by atoms with Crippen LogP contribution in [0.1, 0.15) is 31.5 Å². The lowest BCUT2D eigenvalue weighted by Gasteiger charge is -2.17. The van der Waals surface area contributed by atoms with E-state index in [2.05, 4.69) is 17.3 Å². The first-order chi connectivity index (χ1) is 8.19. The topological polar surface area (TPSA) is 42.4 Å². The summed E-state index contributed by atoms with van der Waals surface area (Å²) >= 11 is 1.68. The number of nitrogens with zero attached hydrogens (tertiary/aromatic N) is 2. The Balaban J connectivity index is 2.48. The molecule has 0 saturated heterocycles. The highest BCUT2D eigenvalue weighted by Gasteiger charge is 2.11. The van der Waals surface area contributed by atoms with Crippen LogP contribution in [0.4, 0.5) is 0 Å². The fourth-order valence-electron chi connectivity index (χ4n) is 1.48. The lowest BCUT2D eigenvalue weighted by molar-refractivity contribution is -0.144. The SMILES string of the molecule is CCOC(=O)CN(CC)Cc1csc(CC)n1. The van der Waals surface area contributed by atoms with Crippen molar-refractivity contribution in [1.29, 1.82) is 0 Å². The summed E-state index contributed by atoms with van der Waals surface area (Å²) in [5.74, 6) is -0.166. The molecule has 0 bridgehead atoms. The summed E-state index contributed by atoms with van der Waals surface area (Å²) in [4.78, 5) is 17.9. The second-order valence-corrected chi connectivity index (χ2v) is 4.64. The van der Waals surface area contributed by atoms with Crippen LogP contribution in [0.25, 0.3) is 0 Å². The predicted molar refractivity (Wildman–Crippen MR) is 69.1 cm³/mol. The zero-order valence-electron chi connectivity index (χ0n) is 10.7. The van der Waals surface area contributed by atoms with Gasteiger partial charge >= 0.3 is 5.97 Å². The minimum atomic E-state index is -0.166. The van der Waals surface area contributed by atoms with E-state index in [1.54, 1.807) is 11.3 Å². The third-order valence-corrected chi connectivity index (χ3v) is 3.43. The zero-order chi connectivity index (χ0) is 12.7. The maximum absolute atomic E-state index is 11.4. The summed E-state index contributed by atoms with van der Waals surface area (Å²) in [6.45, 7) is 8.26. The molecule has 1 rings (SSSR count). The molecule has 1 aromatic rings. The third-order valence-electron chi connectivity index (χ3n) is 2.39. The Labute approximate surface area is 107 Å². The standard InChI is InChI=1S/C12H20N2O2S/c1-4-11-13-10(9-17-11)7-14(5-2)8-12(15)16-6-3/h9H,4-8H2,1-3H3. The van der Waals surface area contributed by atoms with Crippen molar-refractivity contribution >= 4 is 17.3 Å². The Morgan fingerprint density at radius 1 is 1.47 bits per heavy atom. The number of thiazole rings is 1. The van der Waals surface area contributed by atoms with Crippen LogP contribution in [-0.2, 0) is 22.5 Å². The fourth-order valence-corrected chi connectivity index (χ4v) is 2.22. The van der Waals surface area contributed by atoms with E-state index in [1.807, 2.05) is 18.7 Å². The van der Waals surface area contributed by atoms with E-state index in [0.717, 1.165) is 23.7 Å². The van der Waals surface area contributed by atoms with Gasteiger partial charge in [0.1, 0.15) is 0 Å². The van der Waals surface area contributed by atoms with Crippen molar-refractivity contribution in [3.63, 3.8) is 0 Å². The molecule has 0 fully saturated rings. The number of aromatic nitrogens is 1. The minimum Gasteiger partial charge on any atom is -0.465 e. The fraction of sp³-hybridized carbons (Fsp3) is 0.667. The number of rotatable bonds is 7. The number of carbonyl (C=O) groups is 1. The van der Waals surface area contributed by atoms with E-state index in [1.165, 1.54) is 0 Å². The lowest BCUT2D eigenvalue weighted by atomic mass is 10.4. The average Bonchev–Trinajstić information content (AvgIpc) is 2.76. The van der Waals surface area contributed by atoms with Gasteiger partial charge in [-0.1, -0.05) is 13.8 Å². The Morgan fingerprint density at radius 3 is 2.76 bits per heavy atom. The van der Waals surface area contributed by atoms with Crippen molar-refractivity contribution < 1.29 is 9.53 Å². The van der Waals surface area contributed by atoms with E-state index in [4.69, 9.17) is 4.74 Å². The Bertz CT molecular complexity index is 352. The van der Waals surface area contributed by atoms with Crippen LogP contribution in [0.2, 0.25) is 0 Å². The molecule has 0 aliphatic heterocycles. The van der Waals surface area contributed by atoms with Crippen molar-refractivity contribution in [2.24, 2.45) is 0 Å². The van der Waals surface area contributed by atoms with Crippen LogP contribution >= 0.6 is 11.3 Å². The Morgan fingerprint density at radius 2 is 2.24 bits per heavy atom. The molecule has 96 valence electrons. The van der Waals surface area contributed by atoms with Gasteiger partial charge in [-0.15, -0.1) is 11.3 Å². The van der Waals surface area contributed by atoms with Crippen molar-refractivity contribution in [1.82, 2.24) is 9.88 Å². The maximum Gasteiger partial charge on any atom is 0.320 e. The van der Waals surface area contributed by atoms with Gasteiger partial charge in [-0.25, -0.2) is 4.98 Å². The highest BCUT2D eigenvalue weighted by molar-refractivity contribution is 7.09. The van der Waals surface area contributed by atoms with Gasteiger partial charge in [-0.2, -0.15) is 0 Å². The van der Waals surface area contributed by atoms with Crippen LogP contribution in [0, 0.1) is 0 Å². The molecular formula is C12H20N2O2S. The summed E-state index contributed by atoms with van der Waals surface area (Å²) in [5, 5.41) is 3.21. The molecule has 0 amide bonds. The number of esters is 1. The first kappa shape index (κ1) is 14.1. The molecule has 0 atom stereocenters. The van der Waals surface area contributed by atoms with Gasteiger partial charge in [-0.05, 0) is 19.9 Å². The molecule has 0 unspecified atom stereocenters. The summed E-state index contributed by atoms with van der Waals surface area (Å²) in [7, 11) is 0. The van der Waals surface area contributed by atoms with Gasteiger partial charge in [0.25, 0.3) is 0 Å². The molecule has 0 aromatic carbocycles. The highest BCUT2D eigenvalue weighted by atomic mass is 32.1. The normalized spacial score (nSPS) is 10.8. The number of likely N-dealkylation sites (N-methyl/N-ethyl adjacent to an activating group) is 1. The van der Waals surface area contributed by atoms with Crippen LogP contribution in [-0.4, -0.2) is 35.5 Å². The van der Waals surface area contributed by atoms with Crippen molar-refractivity contribution in [3.8, 4) is 0 Å². The second-order valence-electron chi connectivity index (χ2n) is 3.69. The zero-order valence-corrected chi connectivity index (χ0v) is 11.5. The quantitative estimate of drug-likeness (QED) is 0.701. The number of carbonyl (C=O) groups excluding carboxylic acids is 1. The molecule has 0 saturated carbocycles. The van der Waals surface area contributed by atoms with Crippen LogP contribution in [0.15, 0.2) is 5.38 Å². The van der Waals surface area contributed by atoms with Crippen molar-refractivity contribution in [3.05, 3.63) is 16.1 Å². The van der Waals surface area contributed by atoms with Crippen molar-refractivity contribution in [2.75, 3.05) is 19.7 Å². The van der Waals surface area contributed by atoms with Gasteiger partial charge < -0.3 is 4.74 Å². The number of hydrogen-bond donors (Lipinski definition) is 0. The van der Waals surface area contributed by atoms with Crippen molar-refractivity contribution in [2.45, 2.75) is 33.7 Å². The van der Waals surface area contributed by atoms with Gasteiger partial charge in [0.15, 0.2) is 0 Å². The number of hydrogen-bond acceptors (Lipinski definition) is 5. The molecule has 0 radical (unpaired) electrons. The largest absolute Gasteiger partial charge is 0.465 e. The van der Waals surface area contributed by atoms with E-state index < -0.39 is 0 Å². The van der Waals surface area contributed by atoms with E-state index >= 15 is 0 Å². The van der Waals surface area contributed by atoms with Crippen LogP contribution in [0.3, 0.4) is 0 Å². The first-order valence-corrected chi connectivity index (χ1v) is 6.88. The van der Waals surface area contributed by atoms with Crippen LogP contribution in [0.5, 0.6) is 0 Å². The third kappa shape index (κ3) is 4.83. The molecule has 4 nitrogen and oxygen atoms in total. The smallest absolute Gasteiger partial charge is 0.320 e. The summed E-state index contributed by atoms with van der Waals surface area (Å²) in [6.07, 6.45) is 0.967. The number of ether oxygens (including phenoxy) is 1. The molecule has 1 heterocycles. The van der Waals surface area contributed by atoms with Gasteiger partial charge in [0.05, 0.1) is 23.9 Å². The van der Waals surface area contributed by atoms with Gasteiger partial charge in [0.2, 0.25) is 0 Å². The van der Waals surface area contributed by atoms with Crippen LogP contribution < -0.4 is 0 Å². The molecule has 5 heteroatoms. The molecule has 1 aromatic heterocycles. The first-order valence-electron chi connectivity index (χ1n) is 6.00. The Kier molecular flexibility index (Phi) is 6.15. The molecule has 17 heavy (non-hydrogen) atoms. The van der Waals surface area contributed by atoms with E-state index in [9.17, 15) is 4.79 Å². The maximum atomic E-state index is 11.4. The van der Waals surface area contributed by atoms with E-state index in [-0.39, 0.29) is 5.97 Å². The average molecular weight is 256 g/mol. The number of aryl methyl sites for hydroxylation is 1. The highest BCUT2D eigenvalue weighted by Crippen LogP contribution is 2.12. The summed E-state index contributed by atoms with van der Waals surface area (Å²) in [5.41, 5.74) is 1.04. The van der Waals surface area contributed by atoms with Gasteiger partial charge in [0, 0.05) is 11.9 Å². The molecule has 0 aliphatic carbocycles. The monoisotopic (exact) mass is 256 g/mol. The molecule has 0 spiro atoms. The summed E-state index contributed by atoms with van der Waals surface area (Å²) in [6, 6.07) is 0. The Hall–Kier alpha value is -0.940. The van der Waals surface area contributed by atoms with Gasteiger partial charge in [-0.3, -0.25) is 9.69 Å². The molecule has 0 aliphatic rings. The predicted octanol–water partition coefficient (Wildman–Crippen LogP) is 2.09. The lowest BCUT2D eigenvalue weighted by Crippen LogP contribution is -2.30. The molecule has 0 N–H and O–H groups in total. The molecular weight excluding hydrogens is 236 g/mol. The summed E-state index contributed by atoms with van der Waals surface area (Å²) < 4.78 is 4.94. The van der Waals surface area contributed by atoms with E-state index in [0.29, 0.717) is 19.7 Å². The second kappa shape index (κ2) is 7.40. The minimum absolute atomic E-state index is 0.166.